The molecule has 0 radical (unpaired) electrons. The number of methoxy groups -OCH3 is 1. The first kappa shape index (κ1) is 22.0. The molecule has 1 aliphatic heterocycles. The van der Waals surface area contributed by atoms with Gasteiger partial charge in [-0.3, -0.25) is 14.9 Å². The van der Waals surface area contributed by atoms with E-state index >= 15 is 0 Å². The Bertz CT molecular complexity index is 1110. The summed E-state index contributed by atoms with van der Waals surface area (Å²) in [6.07, 6.45) is 1.28. The number of phenols is 1. The van der Waals surface area contributed by atoms with Crippen molar-refractivity contribution in [2.45, 2.75) is 6.92 Å². The maximum absolute atomic E-state index is 13.0. The number of phenolic OH excluding ortho intramolecular Hbond substituents is 1. The van der Waals surface area contributed by atoms with Crippen molar-refractivity contribution in [2.24, 2.45) is 0 Å². The van der Waals surface area contributed by atoms with Gasteiger partial charge in [0.05, 0.1) is 29.4 Å². The molecule has 2 N–H and O–H groups in total. The summed E-state index contributed by atoms with van der Waals surface area (Å²) >= 11 is 3.20. The number of amides is 4. The quantitative estimate of drug-likeness (QED) is 0.376. The maximum Gasteiger partial charge on any atom is 0.337 e. The van der Waals surface area contributed by atoms with Crippen LogP contribution in [0.15, 0.2) is 46.4 Å². The highest BCUT2D eigenvalue weighted by Crippen LogP contribution is 2.36. The minimum atomic E-state index is -0.917. The second-order valence-electron chi connectivity index (χ2n) is 6.28. The topological polar surface area (TPSA) is 122 Å². The van der Waals surface area contributed by atoms with Crippen molar-refractivity contribution in [3.63, 3.8) is 0 Å². The number of carbonyl (C=O) groups is 4. The fourth-order valence-electron chi connectivity index (χ4n) is 2.87. The average Bonchev–Trinajstić information content (AvgIpc) is 2.74. The molecule has 1 saturated heterocycles. The average molecular weight is 489 g/mol. The number of halogens is 1. The van der Waals surface area contributed by atoms with E-state index < -0.39 is 23.8 Å². The van der Waals surface area contributed by atoms with Crippen LogP contribution in [0.4, 0.5) is 10.5 Å². The SMILES string of the molecule is CCOc1cc(/C=C2/C(=O)NC(=O)N(c3ccc(C(=O)OC)cc3)C2=O)cc(Br)c1O. The minimum Gasteiger partial charge on any atom is -0.503 e. The number of urea groups is 1. The Balaban J connectivity index is 1.99. The van der Waals surface area contributed by atoms with Crippen LogP contribution in [0, 0.1) is 0 Å². The molecule has 0 spiro atoms. The Kier molecular flexibility index (Phi) is 6.40. The summed E-state index contributed by atoms with van der Waals surface area (Å²) in [5, 5.41) is 12.2. The van der Waals surface area contributed by atoms with Gasteiger partial charge >= 0.3 is 12.0 Å². The van der Waals surface area contributed by atoms with Crippen LogP contribution in [0.3, 0.4) is 0 Å². The molecule has 31 heavy (non-hydrogen) atoms. The van der Waals surface area contributed by atoms with Gasteiger partial charge in [-0.05, 0) is 70.9 Å². The summed E-state index contributed by atoms with van der Waals surface area (Å²) < 4.78 is 10.3. The van der Waals surface area contributed by atoms with Crippen molar-refractivity contribution < 1.29 is 33.8 Å². The van der Waals surface area contributed by atoms with Crippen molar-refractivity contribution in [3.05, 3.63) is 57.6 Å². The molecule has 1 heterocycles. The van der Waals surface area contributed by atoms with Crippen molar-refractivity contribution in [2.75, 3.05) is 18.6 Å². The number of aromatic hydroxyl groups is 1. The number of hydrogen-bond donors (Lipinski definition) is 2. The highest BCUT2D eigenvalue weighted by Gasteiger charge is 2.37. The molecule has 0 saturated carbocycles. The van der Waals surface area contributed by atoms with Crippen LogP contribution < -0.4 is 15.0 Å². The van der Waals surface area contributed by atoms with E-state index in [-0.39, 0.29) is 28.3 Å². The van der Waals surface area contributed by atoms with Crippen molar-refractivity contribution in [1.82, 2.24) is 5.32 Å². The smallest absolute Gasteiger partial charge is 0.337 e. The standard InChI is InChI=1S/C21H17BrN2O7/c1-3-31-16-10-11(9-15(22)17(16)25)8-14-18(26)23-21(29)24(19(14)27)13-6-4-12(5-7-13)20(28)30-2/h4-10,25H,3H2,1-2H3,(H,23,26,29)/b14-8-. The van der Waals surface area contributed by atoms with Crippen LogP contribution >= 0.6 is 15.9 Å². The van der Waals surface area contributed by atoms with E-state index in [1.54, 1.807) is 6.92 Å². The van der Waals surface area contributed by atoms with Gasteiger partial charge in [0.15, 0.2) is 11.5 Å². The van der Waals surface area contributed by atoms with Crippen LogP contribution in [0.1, 0.15) is 22.8 Å². The lowest BCUT2D eigenvalue weighted by molar-refractivity contribution is -0.122. The van der Waals surface area contributed by atoms with Gasteiger partial charge in [-0.15, -0.1) is 0 Å². The summed E-state index contributed by atoms with van der Waals surface area (Å²) in [4.78, 5) is 50.0. The lowest BCUT2D eigenvalue weighted by Crippen LogP contribution is -2.54. The second kappa shape index (κ2) is 9.00. The number of rotatable bonds is 5. The van der Waals surface area contributed by atoms with E-state index in [1.807, 2.05) is 0 Å². The van der Waals surface area contributed by atoms with Crippen LogP contribution in [0.5, 0.6) is 11.5 Å². The number of benzene rings is 2. The number of nitrogens with zero attached hydrogens (tertiary/aromatic N) is 1. The van der Waals surface area contributed by atoms with Gasteiger partial charge in [-0.2, -0.15) is 0 Å². The zero-order valence-electron chi connectivity index (χ0n) is 16.5. The summed E-state index contributed by atoms with van der Waals surface area (Å²) in [5.74, 6) is -2.23. The fourth-order valence-corrected chi connectivity index (χ4v) is 3.33. The molecule has 3 rings (SSSR count). The first-order valence-corrected chi connectivity index (χ1v) is 9.81. The van der Waals surface area contributed by atoms with E-state index in [0.29, 0.717) is 16.6 Å². The van der Waals surface area contributed by atoms with E-state index in [9.17, 15) is 24.3 Å². The Labute approximate surface area is 185 Å². The molecule has 2 aromatic carbocycles. The molecule has 10 heteroatoms. The fraction of sp³-hybridized carbons (Fsp3) is 0.143. The van der Waals surface area contributed by atoms with E-state index in [1.165, 1.54) is 49.6 Å². The molecular weight excluding hydrogens is 472 g/mol. The Morgan fingerprint density at radius 2 is 1.87 bits per heavy atom. The molecule has 1 fully saturated rings. The van der Waals surface area contributed by atoms with Crippen LogP contribution in [-0.2, 0) is 14.3 Å². The number of barbiturate groups is 1. The molecule has 2 aromatic rings. The first-order chi connectivity index (χ1) is 14.8. The zero-order valence-corrected chi connectivity index (χ0v) is 18.1. The van der Waals surface area contributed by atoms with Gasteiger partial charge in [0.1, 0.15) is 5.57 Å². The molecule has 9 nitrogen and oxygen atoms in total. The van der Waals surface area contributed by atoms with Gasteiger partial charge in [0.25, 0.3) is 11.8 Å². The summed E-state index contributed by atoms with van der Waals surface area (Å²) in [7, 11) is 1.24. The third-order valence-corrected chi connectivity index (χ3v) is 4.91. The van der Waals surface area contributed by atoms with E-state index in [2.05, 4.69) is 26.0 Å². The predicted molar refractivity (Wildman–Crippen MR) is 114 cm³/mol. The number of anilines is 1. The van der Waals surface area contributed by atoms with E-state index in [0.717, 1.165) is 4.90 Å². The van der Waals surface area contributed by atoms with Gasteiger partial charge in [-0.1, -0.05) is 0 Å². The van der Waals surface area contributed by atoms with Crippen molar-refractivity contribution >= 4 is 51.5 Å². The maximum atomic E-state index is 13.0. The number of imide groups is 2. The van der Waals surface area contributed by atoms with Gasteiger partial charge in [0.2, 0.25) is 0 Å². The number of carbonyl (C=O) groups excluding carboxylic acids is 4. The minimum absolute atomic E-state index is 0.120. The molecular formula is C21H17BrN2O7. The van der Waals surface area contributed by atoms with Crippen molar-refractivity contribution in [3.8, 4) is 11.5 Å². The van der Waals surface area contributed by atoms with Gasteiger partial charge in [-0.25, -0.2) is 14.5 Å². The Morgan fingerprint density at radius 3 is 2.48 bits per heavy atom. The number of nitrogens with one attached hydrogen (secondary N) is 1. The highest BCUT2D eigenvalue weighted by atomic mass is 79.9. The molecule has 4 amide bonds. The molecule has 160 valence electrons. The lowest BCUT2D eigenvalue weighted by Gasteiger charge is -2.26. The second-order valence-corrected chi connectivity index (χ2v) is 7.13. The monoisotopic (exact) mass is 488 g/mol. The van der Waals surface area contributed by atoms with Gasteiger partial charge < -0.3 is 14.6 Å². The Morgan fingerprint density at radius 1 is 1.19 bits per heavy atom. The third kappa shape index (κ3) is 4.43. The van der Waals surface area contributed by atoms with Crippen LogP contribution in [0.2, 0.25) is 0 Å². The number of ether oxygens (including phenoxy) is 2. The molecule has 0 bridgehead atoms. The molecule has 0 atom stereocenters. The summed E-state index contributed by atoms with van der Waals surface area (Å²) in [6.45, 7) is 2.04. The normalized spacial score (nSPS) is 15.1. The van der Waals surface area contributed by atoms with Crippen molar-refractivity contribution in [1.29, 1.82) is 0 Å². The molecule has 0 aliphatic carbocycles. The van der Waals surface area contributed by atoms with Crippen LogP contribution in [0.25, 0.3) is 6.08 Å². The largest absolute Gasteiger partial charge is 0.503 e. The van der Waals surface area contributed by atoms with E-state index in [4.69, 9.17) is 4.74 Å². The predicted octanol–water partition coefficient (Wildman–Crippen LogP) is 3.01. The Hall–Kier alpha value is -3.66. The molecule has 1 aliphatic rings. The van der Waals surface area contributed by atoms with Gasteiger partial charge in [0, 0.05) is 0 Å². The summed E-state index contributed by atoms with van der Waals surface area (Å²) in [5.41, 5.74) is 0.495. The highest BCUT2D eigenvalue weighted by molar-refractivity contribution is 9.10. The first-order valence-electron chi connectivity index (χ1n) is 9.02. The zero-order chi connectivity index (χ0) is 22.7. The molecule has 0 aromatic heterocycles. The molecule has 0 unspecified atom stereocenters. The lowest BCUT2D eigenvalue weighted by atomic mass is 10.1. The number of esters is 1. The third-order valence-electron chi connectivity index (χ3n) is 4.31. The van der Waals surface area contributed by atoms with Crippen LogP contribution in [-0.4, -0.2) is 42.6 Å². The summed E-state index contributed by atoms with van der Waals surface area (Å²) in [6, 6.07) is 7.61. The number of hydrogen-bond acceptors (Lipinski definition) is 7.